The van der Waals surface area contributed by atoms with Crippen LogP contribution in [0.1, 0.15) is 42.3 Å². The number of methoxy groups -OCH3 is 1. The highest BCUT2D eigenvalue weighted by Gasteiger charge is 2.32. The number of hydrogen-bond donors (Lipinski definition) is 4. The molecule has 4 N–H and O–H groups in total. The summed E-state index contributed by atoms with van der Waals surface area (Å²) in [6, 6.07) is 14.2. The van der Waals surface area contributed by atoms with E-state index in [-0.39, 0.29) is 16.9 Å². The first kappa shape index (κ1) is 32.5. The highest BCUT2D eigenvalue weighted by molar-refractivity contribution is 14.1. The number of carbonyl (C=O) groups excluding carboxylic acids is 4. The number of rotatable bonds is 13. The van der Waals surface area contributed by atoms with E-state index in [0.717, 1.165) is 8.96 Å². The molecule has 12 heteroatoms. The molecule has 0 bridgehead atoms. The molecule has 3 aromatic rings. The van der Waals surface area contributed by atoms with Gasteiger partial charge in [0.05, 0.1) is 19.1 Å². The van der Waals surface area contributed by atoms with Crippen molar-refractivity contribution in [3.63, 3.8) is 0 Å². The van der Waals surface area contributed by atoms with Gasteiger partial charge in [-0.15, -0.1) is 0 Å². The Hall–Kier alpha value is -4.04. The fourth-order valence-electron chi connectivity index (χ4n) is 4.23. The number of esters is 1. The number of hydrogen-bond acceptors (Lipinski definition) is 8. The van der Waals surface area contributed by atoms with Crippen LogP contribution in [0.4, 0.5) is 0 Å². The van der Waals surface area contributed by atoms with Gasteiger partial charge in [-0.05, 0) is 63.5 Å². The molecule has 0 saturated carbocycles. The molecule has 0 radical (unpaired) electrons. The van der Waals surface area contributed by atoms with Gasteiger partial charge in [-0.2, -0.15) is 0 Å². The van der Waals surface area contributed by atoms with Crippen molar-refractivity contribution in [2.75, 3.05) is 13.7 Å². The van der Waals surface area contributed by atoms with E-state index in [1.807, 2.05) is 40.8 Å². The molecule has 42 heavy (non-hydrogen) atoms. The highest BCUT2D eigenvalue weighted by Crippen LogP contribution is 2.27. The van der Waals surface area contributed by atoms with Gasteiger partial charge in [-0.1, -0.05) is 50.2 Å². The maximum atomic E-state index is 13.2. The van der Waals surface area contributed by atoms with Crippen molar-refractivity contribution in [3.8, 4) is 5.75 Å². The van der Waals surface area contributed by atoms with Crippen LogP contribution in [0.5, 0.6) is 5.75 Å². The van der Waals surface area contributed by atoms with Gasteiger partial charge in [-0.3, -0.25) is 19.2 Å². The Kier molecular flexibility index (Phi) is 11.4. The van der Waals surface area contributed by atoms with Crippen LogP contribution in [0.25, 0.3) is 10.8 Å². The van der Waals surface area contributed by atoms with E-state index in [2.05, 4.69) is 10.6 Å². The molecule has 11 nitrogen and oxygen atoms in total. The number of ketones is 1. The zero-order valence-electron chi connectivity index (χ0n) is 23.1. The maximum Gasteiger partial charge on any atom is 0.339 e. The lowest BCUT2D eigenvalue weighted by Crippen LogP contribution is -2.55. The highest BCUT2D eigenvalue weighted by atomic mass is 127. The summed E-state index contributed by atoms with van der Waals surface area (Å²) in [5.74, 6) is -4.99. The topological polar surface area (TPSA) is 168 Å². The molecule has 0 saturated heterocycles. The number of aliphatic hydroxyl groups is 1. The third kappa shape index (κ3) is 8.26. The third-order valence-corrected chi connectivity index (χ3v) is 7.09. The number of ether oxygens (including phenoxy) is 2. The molecule has 0 aliphatic carbocycles. The van der Waals surface area contributed by atoms with Gasteiger partial charge in [0, 0.05) is 9.13 Å². The zero-order valence-corrected chi connectivity index (χ0v) is 25.3. The Morgan fingerprint density at radius 1 is 0.929 bits per heavy atom. The summed E-state index contributed by atoms with van der Waals surface area (Å²) in [6.45, 7) is 2.47. The number of fused-ring (bicyclic) bond motifs is 1. The maximum absolute atomic E-state index is 13.2. The van der Waals surface area contributed by atoms with Crippen LogP contribution in [0, 0.1) is 9.49 Å². The molecule has 3 rings (SSSR count). The quantitative estimate of drug-likeness (QED) is 0.156. The van der Waals surface area contributed by atoms with Crippen LogP contribution in [-0.4, -0.2) is 65.5 Å². The average Bonchev–Trinajstić information content (AvgIpc) is 2.96. The Morgan fingerprint density at radius 2 is 1.62 bits per heavy atom. The molecule has 0 aliphatic rings. The normalized spacial score (nSPS) is 13.1. The second kappa shape index (κ2) is 14.7. The standard InChI is InChI=1S/C30H31IN2O9/c1-16(2)26(33-29(39)27(37)21-13-18(31)11-12-24(21)41-3)28(38)32-22(14-25(35)36)23(34)15-42-30(40)20-10-6-8-17-7-4-5-9-19(17)20/h4-13,16,22,26-27,37H,14-15H2,1-3H3,(H,32,38)(H,33,39)(H,35,36)/t22-,26-,27?/m0/s1. The Balaban J connectivity index is 1.71. The minimum Gasteiger partial charge on any atom is -0.496 e. The van der Waals surface area contributed by atoms with E-state index in [0.29, 0.717) is 5.39 Å². The van der Waals surface area contributed by atoms with Crippen molar-refractivity contribution >= 4 is 62.9 Å². The Labute approximate surface area is 255 Å². The van der Waals surface area contributed by atoms with Crippen LogP contribution in [0.15, 0.2) is 60.7 Å². The number of amides is 2. The van der Waals surface area contributed by atoms with Crippen molar-refractivity contribution in [2.45, 2.75) is 38.5 Å². The Bertz CT molecular complexity index is 1490. The van der Waals surface area contributed by atoms with Gasteiger partial charge in [0.1, 0.15) is 17.8 Å². The first-order valence-corrected chi connectivity index (χ1v) is 14.0. The molecular formula is C30H31IN2O9. The second-order valence-corrected chi connectivity index (χ2v) is 11.0. The van der Waals surface area contributed by atoms with Crippen molar-refractivity contribution in [1.29, 1.82) is 0 Å². The molecule has 1 unspecified atom stereocenters. The molecule has 0 fully saturated rings. The van der Waals surface area contributed by atoms with E-state index >= 15 is 0 Å². The van der Waals surface area contributed by atoms with Gasteiger partial charge in [0.15, 0.2) is 18.5 Å². The summed E-state index contributed by atoms with van der Waals surface area (Å²) < 4.78 is 11.1. The van der Waals surface area contributed by atoms with E-state index in [4.69, 9.17) is 9.47 Å². The van der Waals surface area contributed by atoms with Crippen LogP contribution in [-0.2, 0) is 23.9 Å². The van der Waals surface area contributed by atoms with Gasteiger partial charge < -0.3 is 30.3 Å². The van der Waals surface area contributed by atoms with Crippen molar-refractivity contribution in [3.05, 3.63) is 75.4 Å². The second-order valence-electron chi connectivity index (χ2n) is 9.75. The summed E-state index contributed by atoms with van der Waals surface area (Å²) >= 11 is 2.01. The van der Waals surface area contributed by atoms with E-state index < -0.39 is 66.7 Å². The number of carbonyl (C=O) groups is 5. The minimum absolute atomic E-state index is 0.191. The summed E-state index contributed by atoms with van der Waals surface area (Å²) in [7, 11) is 1.39. The largest absolute Gasteiger partial charge is 0.496 e. The predicted molar refractivity (Wildman–Crippen MR) is 161 cm³/mol. The lowest BCUT2D eigenvalue weighted by Gasteiger charge is -2.26. The van der Waals surface area contributed by atoms with Gasteiger partial charge in [0.25, 0.3) is 5.91 Å². The van der Waals surface area contributed by atoms with Crippen molar-refractivity contribution in [2.24, 2.45) is 5.92 Å². The third-order valence-electron chi connectivity index (χ3n) is 6.42. The SMILES string of the molecule is COc1ccc(I)cc1C(O)C(=O)N[C@H](C(=O)N[C@@H](CC(=O)O)C(=O)COC(=O)c1cccc2ccccc12)C(C)C. The molecule has 222 valence electrons. The lowest BCUT2D eigenvalue weighted by atomic mass is 10.0. The number of Topliss-reactive ketones (excluding diaryl/α,β-unsaturated/α-hetero) is 1. The molecule has 3 aromatic carbocycles. The predicted octanol–water partition coefficient (Wildman–Crippen LogP) is 3.01. The summed E-state index contributed by atoms with van der Waals surface area (Å²) in [5.41, 5.74) is 0.419. The smallest absolute Gasteiger partial charge is 0.339 e. The number of halogens is 1. The number of carboxylic acids is 1. The van der Waals surface area contributed by atoms with Gasteiger partial charge in [0.2, 0.25) is 5.91 Å². The molecule has 0 heterocycles. The fourth-order valence-corrected chi connectivity index (χ4v) is 4.74. The summed E-state index contributed by atoms with van der Waals surface area (Å²) in [6.07, 6.45) is -2.45. The van der Waals surface area contributed by atoms with E-state index in [1.165, 1.54) is 7.11 Å². The molecule has 0 spiro atoms. The van der Waals surface area contributed by atoms with Crippen molar-refractivity contribution in [1.82, 2.24) is 10.6 Å². The molecule has 0 aromatic heterocycles. The van der Waals surface area contributed by atoms with Crippen LogP contribution in [0.2, 0.25) is 0 Å². The van der Waals surface area contributed by atoms with Gasteiger partial charge >= 0.3 is 11.9 Å². The number of aliphatic hydroxyl groups excluding tert-OH is 1. The number of benzene rings is 3. The van der Waals surface area contributed by atoms with Gasteiger partial charge in [-0.25, -0.2) is 4.79 Å². The Morgan fingerprint density at radius 3 is 2.29 bits per heavy atom. The van der Waals surface area contributed by atoms with Crippen molar-refractivity contribution < 1.29 is 43.7 Å². The molecule has 0 aliphatic heterocycles. The first-order chi connectivity index (χ1) is 19.9. The van der Waals surface area contributed by atoms with E-state index in [9.17, 15) is 34.2 Å². The molecular weight excluding hydrogens is 659 g/mol. The number of carboxylic acid groups (broad SMARTS) is 1. The first-order valence-electron chi connectivity index (χ1n) is 12.9. The number of aliphatic carboxylic acids is 1. The lowest BCUT2D eigenvalue weighted by molar-refractivity contribution is -0.141. The summed E-state index contributed by atoms with van der Waals surface area (Å²) in [5, 5.41) is 26.3. The zero-order chi connectivity index (χ0) is 31.0. The van der Waals surface area contributed by atoms with Crippen LogP contribution < -0.4 is 15.4 Å². The van der Waals surface area contributed by atoms with Crippen LogP contribution in [0.3, 0.4) is 0 Å². The average molecular weight is 690 g/mol. The minimum atomic E-state index is -1.67. The van der Waals surface area contributed by atoms with E-state index in [1.54, 1.807) is 56.3 Å². The number of nitrogens with one attached hydrogen (secondary N) is 2. The fraction of sp³-hybridized carbons (Fsp3) is 0.300. The van der Waals surface area contributed by atoms with Crippen LogP contribution >= 0.6 is 22.6 Å². The molecule has 3 atom stereocenters. The molecule has 2 amide bonds. The summed E-state index contributed by atoms with van der Waals surface area (Å²) in [4.78, 5) is 63.3. The monoisotopic (exact) mass is 690 g/mol.